The van der Waals surface area contributed by atoms with Gasteiger partial charge in [-0.2, -0.15) is 0 Å². The lowest BCUT2D eigenvalue weighted by Gasteiger charge is -1.96. The number of hydrogen-bond acceptors (Lipinski definition) is 2. The maximum absolute atomic E-state index is 10.1. The Labute approximate surface area is 55.7 Å². The summed E-state index contributed by atoms with van der Waals surface area (Å²) < 4.78 is 20.2. The molecule has 8 heavy (non-hydrogen) atoms. The third-order valence-corrected chi connectivity index (χ3v) is 1.97. The van der Waals surface area contributed by atoms with Crippen LogP contribution in [-0.2, 0) is 10.0 Å². The summed E-state index contributed by atoms with van der Waals surface area (Å²) in [5.74, 6) is 0. The number of halogens is 1. The van der Waals surface area contributed by atoms with Crippen LogP contribution in [0.15, 0.2) is 0 Å². The van der Waals surface area contributed by atoms with Crippen LogP contribution in [0.2, 0.25) is 0 Å². The fourth-order valence-electron chi connectivity index (χ4n) is 0. The molecule has 0 aliphatic carbocycles. The van der Waals surface area contributed by atoms with Crippen molar-refractivity contribution >= 4 is 22.4 Å². The SMILES string of the molecule is CC(C)S(N)(=O)=O.Cl. The lowest BCUT2D eigenvalue weighted by atomic mass is 10.6. The second-order valence-corrected chi connectivity index (χ2v) is 3.76. The number of primary sulfonamides is 1. The molecule has 3 nitrogen and oxygen atoms in total. The van der Waals surface area contributed by atoms with Crippen LogP contribution in [-0.4, -0.2) is 13.7 Å². The van der Waals surface area contributed by atoms with Gasteiger partial charge in [-0.1, -0.05) is 0 Å². The minimum Gasteiger partial charge on any atom is -0.229 e. The van der Waals surface area contributed by atoms with Gasteiger partial charge in [-0.15, -0.1) is 12.4 Å². The third kappa shape index (κ3) is 4.36. The molecule has 0 bridgehead atoms. The Morgan fingerprint density at radius 2 is 1.50 bits per heavy atom. The standard InChI is InChI=1S/C3H9NO2S.ClH/c1-3(2)7(4,5)6;/h3H,1-2H3,(H2,4,5,6);1H. The molecule has 0 radical (unpaired) electrons. The van der Waals surface area contributed by atoms with Crippen LogP contribution in [0, 0.1) is 0 Å². The highest BCUT2D eigenvalue weighted by Crippen LogP contribution is 1.88. The molecular weight excluding hydrogens is 150 g/mol. The average Bonchev–Trinajstić information content (AvgIpc) is 1.31. The van der Waals surface area contributed by atoms with E-state index in [2.05, 4.69) is 5.14 Å². The van der Waals surface area contributed by atoms with Crippen molar-refractivity contribution in [1.29, 1.82) is 0 Å². The molecule has 52 valence electrons. The van der Waals surface area contributed by atoms with Crippen LogP contribution in [0.5, 0.6) is 0 Å². The van der Waals surface area contributed by atoms with Crippen LogP contribution in [0.1, 0.15) is 13.8 Å². The molecule has 0 aromatic rings. The van der Waals surface area contributed by atoms with Crippen LogP contribution >= 0.6 is 12.4 Å². The van der Waals surface area contributed by atoms with Crippen molar-refractivity contribution in [2.24, 2.45) is 5.14 Å². The zero-order valence-electron chi connectivity index (χ0n) is 4.79. The summed E-state index contributed by atoms with van der Waals surface area (Å²) in [6.07, 6.45) is 0. The number of hydrogen-bond donors (Lipinski definition) is 1. The second-order valence-electron chi connectivity index (χ2n) is 1.64. The molecule has 0 aliphatic rings. The van der Waals surface area contributed by atoms with Gasteiger partial charge >= 0.3 is 0 Å². The Balaban J connectivity index is 0. The van der Waals surface area contributed by atoms with E-state index in [-0.39, 0.29) is 12.4 Å². The zero-order chi connectivity index (χ0) is 6.08. The molecular formula is C3H10ClNO2S. The summed E-state index contributed by atoms with van der Waals surface area (Å²) in [5.41, 5.74) is 0. The highest BCUT2D eigenvalue weighted by atomic mass is 35.5. The van der Waals surface area contributed by atoms with Crippen LogP contribution in [0.25, 0.3) is 0 Å². The molecule has 0 amide bonds. The summed E-state index contributed by atoms with van der Waals surface area (Å²) in [5, 5.41) is 4.20. The van der Waals surface area contributed by atoms with Crippen LogP contribution in [0.4, 0.5) is 0 Å². The molecule has 0 aromatic heterocycles. The van der Waals surface area contributed by atoms with E-state index in [4.69, 9.17) is 0 Å². The molecule has 0 spiro atoms. The molecule has 0 atom stereocenters. The van der Waals surface area contributed by atoms with Gasteiger partial charge in [-0.25, -0.2) is 13.6 Å². The summed E-state index contributed by atoms with van der Waals surface area (Å²) in [6, 6.07) is 0. The second kappa shape index (κ2) is 3.27. The molecule has 0 unspecified atom stereocenters. The van der Waals surface area contributed by atoms with E-state index in [0.29, 0.717) is 0 Å². The third-order valence-electron chi connectivity index (χ3n) is 0.657. The van der Waals surface area contributed by atoms with Gasteiger partial charge in [0.25, 0.3) is 0 Å². The largest absolute Gasteiger partial charge is 0.229 e. The van der Waals surface area contributed by atoms with E-state index in [1.165, 1.54) is 13.8 Å². The average molecular weight is 160 g/mol. The van der Waals surface area contributed by atoms with Crippen molar-refractivity contribution in [1.82, 2.24) is 0 Å². The molecule has 0 rings (SSSR count). The van der Waals surface area contributed by atoms with Gasteiger partial charge in [-0.3, -0.25) is 0 Å². The highest BCUT2D eigenvalue weighted by molar-refractivity contribution is 7.89. The minimum absolute atomic E-state index is 0. The van der Waals surface area contributed by atoms with Crippen LogP contribution < -0.4 is 5.14 Å². The molecule has 0 saturated heterocycles. The first-order valence-corrected chi connectivity index (χ1v) is 3.57. The molecule has 2 N–H and O–H groups in total. The van der Waals surface area contributed by atoms with E-state index < -0.39 is 15.3 Å². The monoisotopic (exact) mass is 159 g/mol. The Kier molecular flexibility index (Phi) is 4.52. The first-order chi connectivity index (χ1) is 2.94. The van der Waals surface area contributed by atoms with Gasteiger partial charge < -0.3 is 0 Å². The molecule has 0 saturated carbocycles. The molecule has 0 heterocycles. The van der Waals surface area contributed by atoms with E-state index in [9.17, 15) is 8.42 Å². The quantitative estimate of drug-likeness (QED) is 0.590. The van der Waals surface area contributed by atoms with Crippen molar-refractivity contribution in [3.05, 3.63) is 0 Å². The number of rotatable bonds is 1. The molecule has 0 aliphatic heterocycles. The highest BCUT2D eigenvalue weighted by Gasteiger charge is 2.06. The van der Waals surface area contributed by atoms with Crippen molar-refractivity contribution in [3.8, 4) is 0 Å². The first kappa shape index (κ1) is 11.1. The Morgan fingerprint density at radius 1 is 1.38 bits per heavy atom. The fraction of sp³-hybridized carbons (Fsp3) is 1.00. The van der Waals surface area contributed by atoms with Gasteiger partial charge in [0.15, 0.2) is 0 Å². The summed E-state index contributed by atoms with van der Waals surface area (Å²) in [4.78, 5) is 0. The van der Waals surface area contributed by atoms with Gasteiger partial charge in [0.05, 0.1) is 5.25 Å². The smallest absolute Gasteiger partial charge is 0.211 e. The summed E-state index contributed by atoms with van der Waals surface area (Å²) >= 11 is 0. The topological polar surface area (TPSA) is 60.2 Å². The maximum atomic E-state index is 10.1. The van der Waals surface area contributed by atoms with Crippen molar-refractivity contribution in [3.63, 3.8) is 0 Å². The van der Waals surface area contributed by atoms with Gasteiger partial charge in [0.1, 0.15) is 0 Å². The van der Waals surface area contributed by atoms with E-state index in [1.807, 2.05) is 0 Å². The lowest BCUT2D eigenvalue weighted by Crippen LogP contribution is -2.22. The number of nitrogens with two attached hydrogens (primary N) is 1. The van der Waals surface area contributed by atoms with E-state index in [0.717, 1.165) is 0 Å². The minimum atomic E-state index is -3.24. The Hall–Kier alpha value is 0.200. The predicted molar refractivity (Wildman–Crippen MR) is 35.5 cm³/mol. The summed E-state index contributed by atoms with van der Waals surface area (Å²) in [7, 11) is -3.24. The molecule has 0 fully saturated rings. The fourth-order valence-corrected chi connectivity index (χ4v) is 0. The van der Waals surface area contributed by atoms with E-state index in [1.54, 1.807) is 0 Å². The van der Waals surface area contributed by atoms with Crippen molar-refractivity contribution in [2.45, 2.75) is 19.1 Å². The summed E-state index contributed by atoms with van der Waals surface area (Å²) in [6.45, 7) is 3.07. The van der Waals surface area contributed by atoms with Gasteiger partial charge in [0.2, 0.25) is 10.0 Å². The maximum Gasteiger partial charge on any atom is 0.211 e. The predicted octanol–water partition coefficient (Wildman–Crippen LogP) is 0.105. The van der Waals surface area contributed by atoms with Gasteiger partial charge in [0, 0.05) is 0 Å². The van der Waals surface area contributed by atoms with Gasteiger partial charge in [-0.05, 0) is 13.8 Å². The molecule has 0 aromatic carbocycles. The Morgan fingerprint density at radius 3 is 1.50 bits per heavy atom. The number of sulfonamides is 1. The van der Waals surface area contributed by atoms with Crippen molar-refractivity contribution in [2.75, 3.05) is 0 Å². The first-order valence-electron chi connectivity index (χ1n) is 1.96. The van der Waals surface area contributed by atoms with Crippen LogP contribution in [0.3, 0.4) is 0 Å². The molecule has 5 heteroatoms. The zero-order valence-corrected chi connectivity index (χ0v) is 6.42. The van der Waals surface area contributed by atoms with E-state index >= 15 is 0 Å². The normalized spacial score (nSPS) is 11.0. The lowest BCUT2D eigenvalue weighted by molar-refractivity contribution is 0.589. The Bertz CT molecular complexity index is 139. The van der Waals surface area contributed by atoms with Crippen molar-refractivity contribution < 1.29 is 8.42 Å².